The molecule has 0 atom stereocenters. The molecule has 0 aliphatic heterocycles. The molecule has 3 nitrogen and oxygen atoms in total. The highest BCUT2D eigenvalue weighted by Gasteiger charge is 2.10. The van der Waals surface area contributed by atoms with Gasteiger partial charge in [0.25, 0.3) is 0 Å². The second-order valence-electron chi connectivity index (χ2n) is 3.04. The molecule has 1 aromatic heterocycles. The van der Waals surface area contributed by atoms with Crippen molar-refractivity contribution in [1.82, 2.24) is 9.78 Å². The molecule has 3 heteroatoms. The van der Waals surface area contributed by atoms with E-state index in [1.54, 1.807) is 0 Å². The second-order valence-corrected chi connectivity index (χ2v) is 3.04. The molecule has 0 bridgehead atoms. The first kappa shape index (κ1) is 9.10. The van der Waals surface area contributed by atoms with Crippen molar-refractivity contribution in [3.05, 3.63) is 11.3 Å². The number of hydrogen-bond acceptors (Lipinski definition) is 2. The number of nitrogens with zero attached hydrogens (tertiary/aromatic N) is 2. The van der Waals surface area contributed by atoms with Crippen LogP contribution in [0, 0.1) is 0 Å². The Kier molecular flexibility index (Phi) is 2.74. The predicted octanol–water partition coefficient (Wildman–Crippen LogP) is 1.52. The van der Waals surface area contributed by atoms with Gasteiger partial charge in [0, 0.05) is 18.3 Å². The van der Waals surface area contributed by atoms with E-state index in [0.717, 1.165) is 19.3 Å². The molecule has 0 radical (unpaired) electrons. The lowest BCUT2D eigenvalue weighted by atomic mass is 10.1. The van der Waals surface area contributed by atoms with Gasteiger partial charge in [0.1, 0.15) is 5.82 Å². The third-order valence-electron chi connectivity index (χ3n) is 2.15. The molecule has 0 amide bonds. The topological polar surface area (TPSA) is 43.8 Å². The van der Waals surface area contributed by atoms with Crippen LogP contribution in [-0.4, -0.2) is 9.78 Å². The van der Waals surface area contributed by atoms with Gasteiger partial charge in [0.2, 0.25) is 0 Å². The summed E-state index contributed by atoms with van der Waals surface area (Å²) in [6.45, 7) is 4.29. The highest BCUT2D eigenvalue weighted by Crippen LogP contribution is 2.17. The van der Waals surface area contributed by atoms with Crippen molar-refractivity contribution in [3.8, 4) is 0 Å². The fourth-order valence-corrected chi connectivity index (χ4v) is 1.56. The van der Waals surface area contributed by atoms with E-state index in [2.05, 4.69) is 18.9 Å². The van der Waals surface area contributed by atoms with Crippen LogP contribution in [0.2, 0.25) is 0 Å². The van der Waals surface area contributed by atoms with Crippen LogP contribution in [0.5, 0.6) is 0 Å². The van der Waals surface area contributed by atoms with E-state index in [-0.39, 0.29) is 0 Å². The van der Waals surface area contributed by atoms with E-state index < -0.39 is 0 Å². The summed E-state index contributed by atoms with van der Waals surface area (Å²) in [6, 6.07) is 0. The molecule has 0 saturated heterocycles. The zero-order chi connectivity index (χ0) is 9.14. The van der Waals surface area contributed by atoms with Crippen molar-refractivity contribution in [3.63, 3.8) is 0 Å². The average Bonchev–Trinajstić information content (AvgIpc) is 2.28. The SMILES string of the molecule is CCCc1c(CC)c(N)nn1C. The van der Waals surface area contributed by atoms with Crippen molar-refractivity contribution in [2.45, 2.75) is 33.1 Å². The van der Waals surface area contributed by atoms with Crippen LogP contribution in [-0.2, 0) is 19.9 Å². The summed E-state index contributed by atoms with van der Waals surface area (Å²) in [5.41, 5.74) is 8.26. The zero-order valence-electron chi connectivity index (χ0n) is 8.09. The van der Waals surface area contributed by atoms with E-state index in [0.29, 0.717) is 5.82 Å². The van der Waals surface area contributed by atoms with Crippen LogP contribution in [0.3, 0.4) is 0 Å². The van der Waals surface area contributed by atoms with Crippen LogP contribution >= 0.6 is 0 Å². The first-order valence-corrected chi connectivity index (χ1v) is 4.50. The summed E-state index contributed by atoms with van der Waals surface area (Å²) in [7, 11) is 1.96. The standard InChI is InChI=1S/C9H17N3/c1-4-6-8-7(5-2)9(10)11-12(8)3/h4-6H2,1-3H3,(H2,10,11). The minimum absolute atomic E-state index is 0.698. The van der Waals surface area contributed by atoms with Crippen LogP contribution in [0.4, 0.5) is 5.82 Å². The van der Waals surface area contributed by atoms with E-state index in [9.17, 15) is 0 Å². The number of anilines is 1. The van der Waals surface area contributed by atoms with E-state index in [1.807, 2.05) is 11.7 Å². The average molecular weight is 167 g/mol. The molecule has 1 aromatic rings. The van der Waals surface area contributed by atoms with Gasteiger partial charge in [-0.1, -0.05) is 20.3 Å². The van der Waals surface area contributed by atoms with E-state index in [4.69, 9.17) is 5.73 Å². The van der Waals surface area contributed by atoms with Crippen molar-refractivity contribution in [2.24, 2.45) is 7.05 Å². The van der Waals surface area contributed by atoms with Crippen LogP contribution in [0.1, 0.15) is 31.5 Å². The number of nitrogen functional groups attached to an aromatic ring is 1. The van der Waals surface area contributed by atoms with Crippen molar-refractivity contribution in [1.29, 1.82) is 0 Å². The van der Waals surface area contributed by atoms with Gasteiger partial charge in [-0.2, -0.15) is 5.10 Å². The predicted molar refractivity (Wildman–Crippen MR) is 51.0 cm³/mol. The Hall–Kier alpha value is -0.990. The number of rotatable bonds is 3. The summed E-state index contributed by atoms with van der Waals surface area (Å²) in [5.74, 6) is 0.698. The summed E-state index contributed by atoms with van der Waals surface area (Å²) < 4.78 is 1.90. The molecule has 0 saturated carbocycles. The van der Waals surface area contributed by atoms with E-state index in [1.165, 1.54) is 11.3 Å². The zero-order valence-corrected chi connectivity index (χ0v) is 8.09. The normalized spacial score (nSPS) is 10.6. The van der Waals surface area contributed by atoms with Crippen LogP contribution in [0.25, 0.3) is 0 Å². The van der Waals surface area contributed by atoms with Crippen molar-refractivity contribution < 1.29 is 0 Å². The summed E-state index contributed by atoms with van der Waals surface area (Å²) in [6.07, 6.45) is 3.20. The summed E-state index contributed by atoms with van der Waals surface area (Å²) in [4.78, 5) is 0. The lowest BCUT2D eigenvalue weighted by Crippen LogP contribution is -1.99. The highest BCUT2D eigenvalue weighted by molar-refractivity contribution is 5.42. The van der Waals surface area contributed by atoms with Gasteiger partial charge in [-0.3, -0.25) is 4.68 Å². The fourth-order valence-electron chi connectivity index (χ4n) is 1.56. The summed E-state index contributed by atoms with van der Waals surface area (Å²) >= 11 is 0. The van der Waals surface area contributed by atoms with Gasteiger partial charge < -0.3 is 5.73 Å². The van der Waals surface area contributed by atoms with Crippen molar-refractivity contribution in [2.75, 3.05) is 5.73 Å². The molecular weight excluding hydrogens is 150 g/mol. The highest BCUT2D eigenvalue weighted by atomic mass is 15.3. The first-order valence-electron chi connectivity index (χ1n) is 4.50. The molecule has 1 rings (SSSR count). The number of nitrogens with two attached hydrogens (primary N) is 1. The maximum Gasteiger partial charge on any atom is 0.148 e. The number of aromatic nitrogens is 2. The Morgan fingerprint density at radius 1 is 1.42 bits per heavy atom. The van der Waals surface area contributed by atoms with Crippen LogP contribution < -0.4 is 5.73 Å². The molecule has 12 heavy (non-hydrogen) atoms. The van der Waals surface area contributed by atoms with Gasteiger partial charge in [-0.25, -0.2) is 0 Å². The Morgan fingerprint density at radius 3 is 2.58 bits per heavy atom. The number of aryl methyl sites for hydroxylation is 1. The lowest BCUT2D eigenvalue weighted by molar-refractivity contribution is 0.695. The lowest BCUT2D eigenvalue weighted by Gasteiger charge is -2.01. The second kappa shape index (κ2) is 3.61. The Balaban J connectivity index is 3.04. The van der Waals surface area contributed by atoms with E-state index >= 15 is 0 Å². The minimum Gasteiger partial charge on any atom is -0.382 e. The molecule has 0 aromatic carbocycles. The monoisotopic (exact) mass is 167 g/mol. The van der Waals surface area contributed by atoms with Gasteiger partial charge in [0.05, 0.1) is 0 Å². The molecule has 68 valence electrons. The maximum atomic E-state index is 5.75. The molecule has 1 heterocycles. The van der Waals surface area contributed by atoms with Gasteiger partial charge in [-0.15, -0.1) is 0 Å². The molecule has 2 N–H and O–H groups in total. The molecular formula is C9H17N3. The Labute approximate surface area is 73.6 Å². The quantitative estimate of drug-likeness (QED) is 0.741. The fraction of sp³-hybridized carbons (Fsp3) is 0.667. The van der Waals surface area contributed by atoms with Gasteiger partial charge >= 0.3 is 0 Å². The Morgan fingerprint density at radius 2 is 2.08 bits per heavy atom. The van der Waals surface area contributed by atoms with Crippen molar-refractivity contribution >= 4 is 5.82 Å². The maximum absolute atomic E-state index is 5.75. The number of hydrogen-bond donors (Lipinski definition) is 1. The molecule has 0 unspecified atom stereocenters. The third-order valence-corrected chi connectivity index (χ3v) is 2.15. The minimum atomic E-state index is 0.698. The molecule has 0 aliphatic rings. The smallest absolute Gasteiger partial charge is 0.148 e. The van der Waals surface area contributed by atoms with Gasteiger partial charge in [-0.05, 0) is 12.8 Å². The largest absolute Gasteiger partial charge is 0.382 e. The first-order chi connectivity index (χ1) is 5.70. The molecule has 0 spiro atoms. The molecule has 0 aliphatic carbocycles. The molecule has 0 fully saturated rings. The Bertz CT molecular complexity index is 263. The van der Waals surface area contributed by atoms with Gasteiger partial charge in [0.15, 0.2) is 0 Å². The summed E-state index contributed by atoms with van der Waals surface area (Å²) in [5, 5.41) is 4.19. The third kappa shape index (κ3) is 1.44. The van der Waals surface area contributed by atoms with Crippen LogP contribution in [0.15, 0.2) is 0 Å².